The van der Waals surface area contributed by atoms with E-state index in [-0.39, 0.29) is 17.3 Å². The molecule has 0 aliphatic heterocycles. The summed E-state index contributed by atoms with van der Waals surface area (Å²) >= 11 is 0. The fourth-order valence-corrected chi connectivity index (χ4v) is 2.13. The van der Waals surface area contributed by atoms with Gasteiger partial charge in [0.05, 0.1) is 0 Å². The van der Waals surface area contributed by atoms with Crippen LogP contribution in [-0.4, -0.2) is 21.2 Å². The Hall–Kier alpha value is -1.27. The van der Waals surface area contributed by atoms with E-state index in [1.807, 2.05) is 4.72 Å². The predicted molar refractivity (Wildman–Crippen MR) is 61.8 cm³/mol. The Labute approximate surface area is 99.9 Å². The number of ketones is 1. The molecule has 1 N–H and O–H groups in total. The number of halogens is 1. The molecular weight excluding hydrogens is 245 g/mol. The number of rotatable bonds is 4. The zero-order chi connectivity index (χ0) is 13.2. The highest BCUT2D eigenvalue weighted by Gasteiger charge is 2.20. The third-order valence-electron chi connectivity index (χ3n) is 2.30. The van der Waals surface area contributed by atoms with Crippen molar-refractivity contribution in [1.82, 2.24) is 4.72 Å². The Morgan fingerprint density at radius 1 is 1.35 bits per heavy atom. The molecular formula is C11H14FNO3S. The maximum atomic E-state index is 13.4. The van der Waals surface area contributed by atoms with Crippen molar-refractivity contribution in [2.24, 2.45) is 5.92 Å². The summed E-state index contributed by atoms with van der Waals surface area (Å²) in [5, 5.41) is 0. The highest BCUT2D eigenvalue weighted by atomic mass is 32.2. The molecule has 1 aromatic rings. The number of hydrogen-bond donors (Lipinski definition) is 1. The molecule has 0 spiro atoms. The molecule has 0 atom stereocenters. The van der Waals surface area contributed by atoms with Crippen molar-refractivity contribution in [3.05, 3.63) is 29.6 Å². The van der Waals surface area contributed by atoms with Crippen LogP contribution in [0.2, 0.25) is 0 Å². The lowest BCUT2D eigenvalue weighted by molar-refractivity contribution is 0.0939. The van der Waals surface area contributed by atoms with Gasteiger partial charge in [0.25, 0.3) is 0 Å². The summed E-state index contributed by atoms with van der Waals surface area (Å²) in [6, 6.07) is 3.33. The lowest BCUT2D eigenvalue weighted by Gasteiger charge is -2.08. The first kappa shape index (κ1) is 13.8. The van der Waals surface area contributed by atoms with E-state index < -0.39 is 20.7 Å². The van der Waals surface area contributed by atoms with Crippen LogP contribution in [0.4, 0.5) is 4.39 Å². The first-order valence-electron chi connectivity index (χ1n) is 5.07. The predicted octanol–water partition coefficient (Wildman–Crippen LogP) is 1.57. The van der Waals surface area contributed by atoms with Crippen molar-refractivity contribution in [3.63, 3.8) is 0 Å². The molecule has 0 fully saturated rings. The minimum Gasteiger partial charge on any atom is -0.294 e. The second kappa shape index (κ2) is 4.93. The van der Waals surface area contributed by atoms with Crippen LogP contribution < -0.4 is 4.72 Å². The molecule has 4 nitrogen and oxygen atoms in total. The maximum Gasteiger partial charge on any atom is 0.243 e. The van der Waals surface area contributed by atoms with Gasteiger partial charge in [-0.15, -0.1) is 0 Å². The number of Topliss-reactive ketones (excluding diaryl/α,β-unsaturated/α-hetero) is 1. The lowest BCUT2D eigenvalue weighted by atomic mass is 10.0. The summed E-state index contributed by atoms with van der Waals surface area (Å²) in [6.45, 7) is 3.38. The maximum absolute atomic E-state index is 13.4. The Kier molecular flexibility index (Phi) is 4.00. The zero-order valence-electron chi connectivity index (χ0n) is 9.82. The van der Waals surface area contributed by atoms with Gasteiger partial charge in [-0.05, 0) is 25.2 Å². The van der Waals surface area contributed by atoms with Gasteiger partial charge in [0.1, 0.15) is 10.7 Å². The van der Waals surface area contributed by atoms with Crippen molar-refractivity contribution >= 4 is 15.8 Å². The van der Waals surface area contributed by atoms with E-state index >= 15 is 0 Å². The molecule has 0 aliphatic carbocycles. The minimum absolute atomic E-state index is 0.190. The van der Waals surface area contributed by atoms with Crippen LogP contribution in [0.1, 0.15) is 24.2 Å². The molecule has 1 aromatic carbocycles. The topological polar surface area (TPSA) is 63.2 Å². The van der Waals surface area contributed by atoms with Crippen molar-refractivity contribution in [1.29, 1.82) is 0 Å². The number of nitrogens with one attached hydrogen (secondary N) is 1. The van der Waals surface area contributed by atoms with Gasteiger partial charge in [-0.3, -0.25) is 4.79 Å². The minimum atomic E-state index is -3.89. The van der Waals surface area contributed by atoms with Gasteiger partial charge in [-0.1, -0.05) is 13.8 Å². The monoisotopic (exact) mass is 259 g/mol. The van der Waals surface area contributed by atoms with Gasteiger partial charge < -0.3 is 0 Å². The van der Waals surface area contributed by atoms with Crippen LogP contribution in [0.15, 0.2) is 23.1 Å². The van der Waals surface area contributed by atoms with Crippen molar-refractivity contribution in [2.45, 2.75) is 18.7 Å². The van der Waals surface area contributed by atoms with E-state index in [0.29, 0.717) is 0 Å². The fourth-order valence-electron chi connectivity index (χ4n) is 1.31. The van der Waals surface area contributed by atoms with Crippen molar-refractivity contribution in [3.8, 4) is 0 Å². The SMILES string of the molecule is CNS(=O)(=O)c1cc(C(=O)C(C)C)ccc1F. The normalized spacial score (nSPS) is 11.8. The molecule has 0 bridgehead atoms. The summed E-state index contributed by atoms with van der Waals surface area (Å²) < 4.78 is 38.4. The van der Waals surface area contributed by atoms with Gasteiger partial charge in [0, 0.05) is 11.5 Å². The second-order valence-corrected chi connectivity index (χ2v) is 5.73. The van der Waals surface area contributed by atoms with Crippen molar-refractivity contribution < 1.29 is 17.6 Å². The van der Waals surface area contributed by atoms with E-state index in [4.69, 9.17) is 0 Å². The molecule has 0 amide bonds. The number of hydrogen-bond acceptors (Lipinski definition) is 3. The molecule has 1 rings (SSSR count). The largest absolute Gasteiger partial charge is 0.294 e. The average molecular weight is 259 g/mol. The molecule has 6 heteroatoms. The molecule has 17 heavy (non-hydrogen) atoms. The standard InChI is InChI=1S/C11H14FNO3S/c1-7(2)11(14)8-4-5-9(12)10(6-8)17(15,16)13-3/h4-7,13H,1-3H3. The average Bonchev–Trinajstić information content (AvgIpc) is 2.28. The Morgan fingerprint density at radius 3 is 2.41 bits per heavy atom. The number of carbonyl (C=O) groups is 1. The molecule has 0 saturated carbocycles. The molecule has 0 saturated heterocycles. The van der Waals surface area contributed by atoms with Crippen LogP contribution in [-0.2, 0) is 10.0 Å². The molecule has 0 aromatic heterocycles. The van der Waals surface area contributed by atoms with Crippen LogP contribution in [0.25, 0.3) is 0 Å². The van der Waals surface area contributed by atoms with E-state index in [2.05, 4.69) is 0 Å². The fraction of sp³-hybridized carbons (Fsp3) is 0.364. The summed E-state index contributed by atoms with van der Waals surface area (Å²) in [6.07, 6.45) is 0. The van der Waals surface area contributed by atoms with Crippen LogP contribution in [0, 0.1) is 11.7 Å². The smallest absolute Gasteiger partial charge is 0.243 e. The van der Waals surface area contributed by atoms with Crippen molar-refractivity contribution in [2.75, 3.05) is 7.05 Å². The van der Waals surface area contributed by atoms with E-state index in [0.717, 1.165) is 12.1 Å². The second-order valence-electron chi connectivity index (χ2n) is 3.87. The first-order chi connectivity index (χ1) is 7.79. The van der Waals surface area contributed by atoms with E-state index in [9.17, 15) is 17.6 Å². The molecule has 94 valence electrons. The third-order valence-corrected chi connectivity index (χ3v) is 3.73. The molecule has 0 aliphatic rings. The molecule has 0 unspecified atom stereocenters. The third kappa shape index (κ3) is 2.89. The number of benzene rings is 1. The van der Waals surface area contributed by atoms with E-state index in [1.165, 1.54) is 13.1 Å². The summed E-state index contributed by atoms with van der Waals surface area (Å²) in [7, 11) is -2.70. The van der Waals surface area contributed by atoms with Gasteiger partial charge in [-0.25, -0.2) is 17.5 Å². The summed E-state index contributed by atoms with van der Waals surface area (Å²) in [5.41, 5.74) is 0.190. The van der Waals surface area contributed by atoms with Gasteiger partial charge in [0.2, 0.25) is 10.0 Å². The quantitative estimate of drug-likeness (QED) is 0.835. The molecule has 0 heterocycles. The number of carbonyl (C=O) groups excluding carboxylic acids is 1. The van der Waals surface area contributed by atoms with Gasteiger partial charge in [-0.2, -0.15) is 0 Å². The Balaban J connectivity index is 3.35. The van der Waals surface area contributed by atoms with Crippen LogP contribution in [0.3, 0.4) is 0 Å². The highest BCUT2D eigenvalue weighted by Crippen LogP contribution is 2.18. The zero-order valence-corrected chi connectivity index (χ0v) is 10.6. The Bertz CT molecular complexity index is 538. The van der Waals surface area contributed by atoms with Crippen LogP contribution >= 0.6 is 0 Å². The van der Waals surface area contributed by atoms with Gasteiger partial charge >= 0.3 is 0 Å². The van der Waals surface area contributed by atoms with Gasteiger partial charge in [0.15, 0.2) is 5.78 Å². The van der Waals surface area contributed by atoms with E-state index in [1.54, 1.807) is 13.8 Å². The summed E-state index contributed by atoms with van der Waals surface area (Å²) in [4.78, 5) is 11.2. The lowest BCUT2D eigenvalue weighted by Crippen LogP contribution is -2.20. The highest BCUT2D eigenvalue weighted by molar-refractivity contribution is 7.89. The number of sulfonamides is 1. The molecule has 0 radical (unpaired) electrons. The first-order valence-corrected chi connectivity index (χ1v) is 6.55. The summed E-state index contributed by atoms with van der Waals surface area (Å²) in [5.74, 6) is -1.37. The Morgan fingerprint density at radius 2 is 1.94 bits per heavy atom. The van der Waals surface area contributed by atoms with Crippen LogP contribution in [0.5, 0.6) is 0 Å².